The number of pyridine rings is 1. The molecule has 0 bridgehead atoms. The van der Waals surface area contributed by atoms with Crippen LogP contribution in [0.25, 0.3) is 0 Å². The van der Waals surface area contributed by atoms with Crippen LogP contribution in [-0.4, -0.2) is 28.6 Å². The van der Waals surface area contributed by atoms with Gasteiger partial charge in [-0.25, -0.2) is 0 Å². The van der Waals surface area contributed by atoms with E-state index in [4.69, 9.17) is 14.5 Å². The van der Waals surface area contributed by atoms with Crippen molar-refractivity contribution in [3.8, 4) is 5.75 Å². The standard InChI is InChI=1S/C29H36N2O3/c1-21-11-10-14-26(30-21)27(19-28(32)34-29(3,4)5)31(20-23-12-8-7-9-13-23)22(2)24-15-17-25(33-6)18-16-24/h7-18,22,27H,19-20H2,1-6H3/t22-,27+/m1/s1. The Balaban J connectivity index is 2.04. The van der Waals surface area contributed by atoms with E-state index in [1.165, 1.54) is 5.56 Å². The first-order valence-corrected chi connectivity index (χ1v) is 11.8. The third-order valence-corrected chi connectivity index (χ3v) is 5.74. The van der Waals surface area contributed by atoms with Crippen LogP contribution < -0.4 is 4.74 Å². The van der Waals surface area contributed by atoms with E-state index >= 15 is 0 Å². The molecule has 0 saturated carbocycles. The van der Waals surface area contributed by atoms with Crippen molar-refractivity contribution in [3.05, 3.63) is 95.3 Å². The van der Waals surface area contributed by atoms with Crippen LogP contribution in [0.2, 0.25) is 0 Å². The maximum atomic E-state index is 13.0. The third-order valence-electron chi connectivity index (χ3n) is 5.74. The molecule has 0 radical (unpaired) electrons. The first-order valence-electron chi connectivity index (χ1n) is 11.8. The lowest BCUT2D eigenvalue weighted by Crippen LogP contribution is -2.35. The van der Waals surface area contributed by atoms with Crippen molar-refractivity contribution in [2.45, 2.75) is 65.3 Å². The Morgan fingerprint density at radius 1 is 0.971 bits per heavy atom. The minimum absolute atomic E-state index is 0.0147. The number of ether oxygens (including phenoxy) is 2. The minimum atomic E-state index is -0.548. The highest BCUT2D eigenvalue weighted by molar-refractivity contribution is 5.71. The molecule has 1 heterocycles. The summed E-state index contributed by atoms with van der Waals surface area (Å²) in [6.07, 6.45) is 0.209. The summed E-state index contributed by atoms with van der Waals surface area (Å²) < 4.78 is 11.1. The van der Waals surface area contributed by atoms with Crippen molar-refractivity contribution >= 4 is 5.97 Å². The van der Waals surface area contributed by atoms with Gasteiger partial charge in [-0.1, -0.05) is 48.5 Å². The number of benzene rings is 2. The lowest BCUT2D eigenvalue weighted by molar-refractivity contribution is -0.156. The second kappa shape index (κ2) is 11.3. The van der Waals surface area contributed by atoms with Gasteiger partial charge in [0.05, 0.1) is 25.3 Å². The maximum absolute atomic E-state index is 13.0. The first-order chi connectivity index (χ1) is 16.2. The molecule has 0 aliphatic heterocycles. The van der Waals surface area contributed by atoms with Gasteiger partial charge in [-0.05, 0) is 70.0 Å². The van der Waals surface area contributed by atoms with Crippen molar-refractivity contribution in [2.24, 2.45) is 0 Å². The Bertz CT molecular complexity index is 1060. The summed E-state index contributed by atoms with van der Waals surface area (Å²) in [5.41, 5.74) is 3.54. The Morgan fingerprint density at radius 3 is 2.24 bits per heavy atom. The monoisotopic (exact) mass is 460 g/mol. The largest absolute Gasteiger partial charge is 0.497 e. The number of carbonyl (C=O) groups excluding carboxylic acids is 1. The molecule has 0 saturated heterocycles. The van der Waals surface area contributed by atoms with Crippen LogP contribution in [0.1, 0.15) is 68.7 Å². The lowest BCUT2D eigenvalue weighted by atomic mass is 9.99. The van der Waals surface area contributed by atoms with Crippen LogP contribution in [0.15, 0.2) is 72.8 Å². The summed E-state index contributed by atoms with van der Waals surface area (Å²) in [5, 5.41) is 0. The third kappa shape index (κ3) is 7.16. The number of aromatic nitrogens is 1. The van der Waals surface area contributed by atoms with Gasteiger partial charge in [0.15, 0.2) is 0 Å². The summed E-state index contributed by atoms with van der Waals surface area (Å²) in [5.74, 6) is 0.581. The molecule has 5 heteroatoms. The average Bonchev–Trinajstić information content (AvgIpc) is 2.80. The molecule has 3 aromatic rings. The van der Waals surface area contributed by atoms with Gasteiger partial charge >= 0.3 is 5.97 Å². The molecular weight excluding hydrogens is 424 g/mol. The number of methoxy groups -OCH3 is 1. The molecule has 2 aromatic carbocycles. The zero-order valence-electron chi connectivity index (χ0n) is 21.1. The van der Waals surface area contributed by atoms with Crippen molar-refractivity contribution in [1.82, 2.24) is 9.88 Å². The second-order valence-corrected chi connectivity index (χ2v) is 9.62. The molecular formula is C29H36N2O3. The van der Waals surface area contributed by atoms with Gasteiger partial charge < -0.3 is 9.47 Å². The molecule has 0 amide bonds. The van der Waals surface area contributed by atoms with Gasteiger partial charge in [-0.15, -0.1) is 0 Å². The van der Waals surface area contributed by atoms with E-state index in [-0.39, 0.29) is 24.5 Å². The maximum Gasteiger partial charge on any atom is 0.308 e. The van der Waals surface area contributed by atoms with Gasteiger partial charge in [0.2, 0.25) is 0 Å². The summed E-state index contributed by atoms with van der Waals surface area (Å²) in [6.45, 7) is 10.5. The normalized spacial score (nSPS) is 13.4. The van der Waals surface area contributed by atoms with Crippen LogP contribution in [-0.2, 0) is 16.1 Å². The Labute approximate surface area is 203 Å². The van der Waals surface area contributed by atoms with Gasteiger partial charge in [-0.3, -0.25) is 14.7 Å². The molecule has 2 atom stereocenters. The molecule has 0 aliphatic rings. The SMILES string of the molecule is COc1ccc([C@@H](C)N(Cc2ccccc2)[C@@H](CC(=O)OC(C)(C)C)c2cccc(C)n2)cc1. The van der Waals surface area contributed by atoms with E-state index in [0.717, 1.165) is 22.7 Å². The second-order valence-electron chi connectivity index (χ2n) is 9.62. The van der Waals surface area contributed by atoms with Gasteiger partial charge in [0.25, 0.3) is 0 Å². The van der Waals surface area contributed by atoms with E-state index in [0.29, 0.717) is 6.54 Å². The quantitative estimate of drug-likeness (QED) is 0.344. The van der Waals surface area contributed by atoms with Crippen molar-refractivity contribution < 1.29 is 14.3 Å². The van der Waals surface area contributed by atoms with Crippen molar-refractivity contribution in [3.63, 3.8) is 0 Å². The number of aryl methyl sites for hydroxylation is 1. The van der Waals surface area contributed by atoms with Crippen LogP contribution in [0.4, 0.5) is 0 Å². The average molecular weight is 461 g/mol. The van der Waals surface area contributed by atoms with Crippen LogP contribution in [0.3, 0.4) is 0 Å². The zero-order chi connectivity index (χ0) is 24.7. The number of hydrogen-bond acceptors (Lipinski definition) is 5. The topological polar surface area (TPSA) is 51.7 Å². The Kier molecular flexibility index (Phi) is 8.46. The van der Waals surface area contributed by atoms with Gasteiger partial charge in [0.1, 0.15) is 11.4 Å². The summed E-state index contributed by atoms with van der Waals surface area (Å²) in [7, 11) is 1.67. The fourth-order valence-corrected chi connectivity index (χ4v) is 4.07. The van der Waals surface area contributed by atoms with E-state index in [1.54, 1.807) is 7.11 Å². The molecule has 3 rings (SSSR count). The van der Waals surface area contributed by atoms with E-state index in [1.807, 2.05) is 76.2 Å². The fraction of sp³-hybridized carbons (Fsp3) is 0.379. The Hall–Kier alpha value is -3.18. The highest BCUT2D eigenvalue weighted by Gasteiger charge is 2.31. The first kappa shape index (κ1) is 25.4. The molecule has 1 aromatic heterocycles. The molecule has 0 unspecified atom stereocenters. The number of esters is 1. The van der Waals surface area contributed by atoms with Gasteiger partial charge in [-0.2, -0.15) is 0 Å². The molecule has 0 aliphatic carbocycles. The van der Waals surface area contributed by atoms with Crippen molar-refractivity contribution in [2.75, 3.05) is 7.11 Å². The van der Waals surface area contributed by atoms with Crippen LogP contribution in [0, 0.1) is 6.92 Å². The fourth-order valence-electron chi connectivity index (χ4n) is 4.07. The highest BCUT2D eigenvalue weighted by atomic mass is 16.6. The Morgan fingerprint density at radius 2 is 1.65 bits per heavy atom. The van der Waals surface area contributed by atoms with Crippen LogP contribution in [0.5, 0.6) is 5.75 Å². The summed E-state index contributed by atoms with van der Waals surface area (Å²) in [6, 6.07) is 24.2. The van der Waals surface area contributed by atoms with Crippen molar-refractivity contribution in [1.29, 1.82) is 0 Å². The van der Waals surface area contributed by atoms with E-state index < -0.39 is 5.60 Å². The molecule has 180 valence electrons. The zero-order valence-corrected chi connectivity index (χ0v) is 21.1. The molecule has 5 nitrogen and oxygen atoms in total. The molecule has 0 N–H and O–H groups in total. The molecule has 0 spiro atoms. The number of carbonyl (C=O) groups is 1. The highest BCUT2D eigenvalue weighted by Crippen LogP contribution is 2.35. The predicted octanol–water partition coefficient (Wildman–Crippen LogP) is 6.43. The number of rotatable bonds is 9. The summed E-state index contributed by atoms with van der Waals surface area (Å²) >= 11 is 0. The molecule has 34 heavy (non-hydrogen) atoms. The van der Waals surface area contributed by atoms with E-state index in [9.17, 15) is 4.79 Å². The lowest BCUT2D eigenvalue weighted by Gasteiger charge is -2.37. The molecule has 0 fully saturated rings. The van der Waals surface area contributed by atoms with E-state index in [2.05, 4.69) is 36.1 Å². The smallest absolute Gasteiger partial charge is 0.308 e. The van der Waals surface area contributed by atoms with Crippen LogP contribution >= 0.6 is 0 Å². The number of hydrogen-bond donors (Lipinski definition) is 0. The summed E-state index contributed by atoms with van der Waals surface area (Å²) in [4.78, 5) is 20.2. The number of nitrogens with zero attached hydrogens (tertiary/aromatic N) is 2. The predicted molar refractivity (Wildman–Crippen MR) is 136 cm³/mol. The minimum Gasteiger partial charge on any atom is -0.497 e. The van der Waals surface area contributed by atoms with Gasteiger partial charge in [0, 0.05) is 18.3 Å².